The molecule has 0 aromatic carbocycles. The van der Waals surface area contributed by atoms with E-state index in [0.29, 0.717) is 18.9 Å². The van der Waals surface area contributed by atoms with Crippen LogP contribution >= 0.6 is 0 Å². The van der Waals surface area contributed by atoms with Crippen LogP contribution in [0.2, 0.25) is 0 Å². The molecule has 41 heavy (non-hydrogen) atoms. The number of hydrogen-bond acceptors (Lipinski definition) is 4. The molecule has 0 bridgehead atoms. The third-order valence-corrected chi connectivity index (χ3v) is 14.6. The van der Waals surface area contributed by atoms with Gasteiger partial charge in [0.05, 0.1) is 11.5 Å². The van der Waals surface area contributed by atoms with E-state index < -0.39 is 17.4 Å². The first-order chi connectivity index (χ1) is 18.9. The molecule has 5 aliphatic carbocycles. The molecular weight excluding hydrogens is 514 g/mol. The van der Waals surface area contributed by atoms with Gasteiger partial charge in [-0.2, -0.15) is 0 Å². The number of aliphatic hydroxyl groups is 1. The van der Waals surface area contributed by atoms with Crippen molar-refractivity contribution in [3.63, 3.8) is 0 Å². The van der Waals surface area contributed by atoms with Gasteiger partial charge in [-0.15, -0.1) is 0 Å². The van der Waals surface area contributed by atoms with E-state index in [2.05, 4.69) is 48.5 Å². The molecule has 0 aromatic heterocycles. The molecular formula is C35H53NO5. The van der Waals surface area contributed by atoms with E-state index in [9.17, 15) is 24.6 Å². The molecule has 228 valence electrons. The summed E-state index contributed by atoms with van der Waals surface area (Å²) in [6.45, 7) is 16.6. The quantitative estimate of drug-likeness (QED) is 0.402. The molecule has 2 unspecified atom stereocenters. The molecule has 1 heterocycles. The van der Waals surface area contributed by atoms with Crippen molar-refractivity contribution in [1.82, 2.24) is 4.90 Å². The predicted molar refractivity (Wildman–Crippen MR) is 158 cm³/mol. The van der Waals surface area contributed by atoms with Crippen molar-refractivity contribution in [3.05, 3.63) is 11.6 Å². The van der Waals surface area contributed by atoms with Crippen LogP contribution in [0, 0.1) is 50.2 Å². The second-order valence-corrected chi connectivity index (χ2v) is 17.2. The lowest BCUT2D eigenvalue weighted by Crippen LogP contribution is -2.67. The van der Waals surface area contributed by atoms with Gasteiger partial charge in [0.1, 0.15) is 6.04 Å². The van der Waals surface area contributed by atoms with Gasteiger partial charge >= 0.3 is 5.97 Å². The average Bonchev–Trinajstić information content (AvgIpc) is 3.37. The molecule has 6 aliphatic rings. The van der Waals surface area contributed by atoms with Gasteiger partial charge in [0.25, 0.3) is 0 Å². The highest BCUT2D eigenvalue weighted by atomic mass is 16.4. The Hall–Kier alpha value is -1.69. The largest absolute Gasteiger partial charge is 0.480 e. The Kier molecular flexibility index (Phi) is 6.39. The summed E-state index contributed by atoms with van der Waals surface area (Å²) in [5.41, 5.74) is -0.184. The fourth-order valence-electron chi connectivity index (χ4n) is 12.0. The fraction of sp³-hybridized carbons (Fsp3) is 0.857. The Balaban J connectivity index is 1.46. The van der Waals surface area contributed by atoms with Crippen molar-refractivity contribution in [2.24, 2.45) is 50.2 Å². The van der Waals surface area contributed by atoms with Crippen LogP contribution in [0.5, 0.6) is 0 Å². The van der Waals surface area contributed by atoms with E-state index in [1.807, 2.05) is 6.08 Å². The second-order valence-electron chi connectivity index (χ2n) is 17.2. The van der Waals surface area contributed by atoms with E-state index in [0.717, 1.165) is 64.2 Å². The van der Waals surface area contributed by atoms with Gasteiger partial charge in [0.2, 0.25) is 5.91 Å². The number of rotatable bonds is 2. The second kappa shape index (κ2) is 8.92. The highest BCUT2D eigenvalue weighted by molar-refractivity contribution is 5.96. The van der Waals surface area contributed by atoms with Crippen molar-refractivity contribution in [1.29, 1.82) is 0 Å². The lowest BCUT2D eigenvalue weighted by molar-refractivity contribution is -0.204. The van der Waals surface area contributed by atoms with E-state index in [-0.39, 0.29) is 56.7 Å². The van der Waals surface area contributed by atoms with Crippen LogP contribution in [0.4, 0.5) is 0 Å². The zero-order chi connectivity index (χ0) is 30.0. The van der Waals surface area contributed by atoms with Crippen molar-refractivity contribution in [3.8, 4) is 0 Å². The maximum absolute atomic E-state index is 14.6. The Morgan fingerprint density at radius 3 is 2.27 bits per heavy atom. The number of likely N-dealkylation sites (tertiary alicyclic amines) is 1. The number of aliphatic carboxylic acids is 1. The highest BCUT2D eigenvalue weighted by Crippen LogP contribution is 2.75. The Labute approximate surface area is 246 Å². The van der Waals surface area contributed by atoms with Crippen LogP contribution in [-0.4, -0.2) is 51.5 Å². The molecule has 4 saturated carbocycles. The topological polar surface area (TPSA) is 94.9 Å². The van der Waals surface area contributed by atoms with Gasteiger partial charge in [0.15, 0.2) is 5.78 Å². The SMILES string of the molecule is CC1(C)CC[C@]2(C(=O)N3CCCC3C(=O)O)CC[C@]3(C)C(=CC(=O)[C@@H]4[C@@]5(C)CC[C@H](O)C(C)(C)C5CC[C@]43C)[C@@H]2C1. The molecule has 5 fully saturated rings. The number of aliphatic hydroxyl groups excluding tert-OH is 1. The Morgan fingerprint density at radius 2 is 1.59 bits per heavy atom. The monoisotopic (exact) mass is 567 g/mol. The van der Waals surface area contributed by atoms with Crippen LogP contribution in [0.15, 0.2) is 11.6 Å². The molecule has 6 rings (SSSR count). The first-order valence-corrected chi connectivity index (χ1v) is 16.4. The first kappa shape index (κ1) is 29.4. The molecule has 6 nitrogen and oxygen atoms in total. The van der Waals surface area contributed by atoms with Crippen LogP contribution in [0.3, 0.4) is 0 Å². The standard InChI is InChI=1S/C35H53NO5/c1-30(2)14-16-35(29(41)36-18-8-9-23(36)28(39)40)17-15-33(6)21(22(35)20-30)19-24(37)27-32(5)12-11-26(38)31(3,4)25(32)10-13-34(27,33)7/h19,22-23,25-27,38H,8-18,20H2,1-7H3,(H,39,40)/t22-,23?,25?,26-,27+,32-,33+,34+,35-/m0/s1. The molecule has 2 N–H and O–H groups in total. The van der Waals surface area contributed by atoms with Crippen LogP contribution in [0.1, 0.15) is 119 Å². The van der Waals surface area contributed by atoms with Gasteiger partial charge in [-0.1, -0.05) is 54.0 Å². The van der Waals surface area contributed by atoms with Gasteiger partial charge in [-0.3, -0.25) is 9.59 Å². The number of carboxylic acid groups (broad SMARTS) is 1. The first-order valence-electron chi connectivity index (χ1n) is 16.4. The number of ketones is 1. The summed E-state index contributed by atoms with van der Waals surface area (Å²) < 4.78 is 0. The van der Waals surface area contributed by atoms with E-state index in [4.69, 9.17) is 0 Å². The third-order valence-electron chi connectivity index (χ3n) is 14.6. The van der Waals surface area contributed by atoms with Crippen LogP contribution < -0.4 is 0 Å². The molecule has 6 heteroatoms. The molecule has 0 radical (unpaired) electrons. The van der Waals surface area contributed by atoms with Gasteiger partial charge in [0, 0.05) is 12.5 Å². The summed E-state index contributed by atoms with van der Waals surface area (Å²) in [7, 11) is 0. The summed E-state index contributed by atoms with van der Waals surface area (Å²) in [5.74, 6) is -0.470. The minimum Gasteiger partial charge on any atom is -0.480 e. The summed E-state index contributed by atoms with van der Waals surface area (Å²) in [6, 6.07) is -0.732. The summed E-state index contributed by atoms with van der Waals surface area (Å²) in [4.78, 5) is 43.0. The summed E-state index contributed by atoms with van der Waals surface area (Å²) in [5, 5.41) is 20.9. The fourth-order valence-corrected chi connectivity index (χ4v) is 12.0. The van der Waals surface area contributed by atoms with E-state index >= 15 is 0 Å². The van der Waals surface area contributed by atoms with E-state index in [1.54, 1.807) is 4.90 Å². The normalized spacial score (nSPS) is 48.3. The maximum atomic E-state index is 14.6. The van der Waals surface area contributed by atoms with Gasteiger partial charge < -0.3 is 15.1 Å². The van der Waals surface area contributed by atoms with Crippen molar-refractivity contribution in [2.45, 2.75) is 131 Å². The Bertz CT molecular complexity index is 1200. The molecule has 9 atom stereocenters. The number of carbonyl (C=O) groups excluding carboxylic acids is 2. The summed E-state index contributed by atoms with van der Waals surface area (Å²) in [6.07, 6.45) is 10.7. The lowest BCUT2D eigenvalue weighted by atomic mass is 9.33. The van der Waals surface area contributed by atoms with Crippen molar-refractivity contribution in [2.75, 3.05) is 6.54 Å². The average molecular weight is 568 g/mol. The predicted octanol–water partition coefficient (Wildman–Crippen LogP) is 6.40. The molecule has 1 aliphatic heterocycles. The molecule has 1 saturated heterocycles. The smallest absolute Gasteiger partial charge is 0.326 e. The minimum absolute atomic E-state index is 0.0317. The number of allylic oxidation sites excluding steroid dienone is 2. The number of carbonyl (C=O) groups is 3. The van der Waals surface area contributed by atoms with Crippen LogP contribution in [-0.2, 0) is 14.4 Å². The molecule has 0 spiro atoms. The van der Waals surface area contributed by atoms with Gasteiger partial charge in [-0.25, -0.2) is 4.79 Å². The highest BCUT2D eigenvalue weighted by Gasteiger charge is 2.71. The Morgan fingerprint density at radius 1 is 0.902 bits per heavy atom. The van der Waals surface area contributed by atoms with Crippen molar-refractivity contribution < 1.29 is 24.6 Å². The summed E-state index contributed by atoms with van der Waals surface area (Å²) >= 11 is 0. The lowest BCUT2D eigenvalue weighted by Gasteiger charge is -2.70. The number of amides is 1. The molecule has 0 aromatic rings. The number of fused-ring (bicyclic) bond motifs is 7. The van der Waals surface area contributed by atoms with E-state index in [1.165, 1.54) is 5.57 Å². The number of hydrogen-bond donors (Lipinski definition) is 2. The van der Waals surface area contributed by atoms with Crippen molar-refractivity contribution >= 4 is 17.7 Å². The number of nitrogens with zero attached hydrogens (tertiary/aromatic N) is 1. The minimum atomic E-state index is -0.895. The van der Waals surface area contributed by atoms with Crippen LogP contribution in [0.25, 0.3) is 0 Å². The number of carboxylic acids is 1. The maximum Gasteiger partial charge on any atom is 0.326 e. The van der Waals surface area contributed by atoms with Gasteiger partial charge in [-0.05, 0) is 116 Å². The zero-order valence-corrected chi connectivity index (χ0v) is 26.5. The molecule has 1 amide bonds. The third kappa shape index (κ3) is 3.73. The zero-order valence-electron chi connectivity index (χ0n) is 26.5.